The number of nitrogens with zero attached hydrogens (tertiary/aromatic N) is 2. The quantitative estimate of drug-likeness (QED) is 0.480. The second kappa shape index (κ2) is 7.92. The van der Waals surface area contributed by atoms with Crippen LogP contribution in [0.5, 0.6) is 11.5 Å². The maximum atomic E-state index is 12.2. The van der Waals surface area contributed by atoms with Crippen molar-refractivity contribution in [2.45, 2.75) is 0 Å². The van der Waals surface area contributed by atoms with Gasteiger partial charge in [0.05, 0.1) is 24.0 Å². The molecule has 0 atom stereocenters. The lowest BCUT2D eigenvalue weighted by molar-refractivity contribution is -0.384. The van der Waals surface area contributed by atoms with Crippen molar-refractivity contribution in [1.29, 1.82) is 0 Å². The molecule has 9 heteroatoms. The Morgan fingerprint density at radius 3 is 2.52 bits per heavy atom. The number of hydrogen-bond acceptors (Lipinski definition) is 7. The highest BCUT2D eigenvalue weighted by Gasteiger charge is 2.24. The number of nitro groups is 1. The van der Waals surface area contributed by atoms with E-state index < -0.39 is 4.92 Å². The summed E-state index contributed by atoms with van der Waals surface area (Å²) in [6, 6.07) is 11.1. The molecular weight excluding hydrogens is 370 g/mol. The molecule has 1 saturated heterocycles. The van der Waals surface area contributed by atoms with E-state index in [4.69, 9.17) is 9.47 Å². The lowest BCUT2D eigenvalue weighted by Gasteiger charge is -2.07. The van der Waals surface area contributed by atoms with Gasteiger partial charge in [-0.05, 0) is 47.7 Å². The molecule has 1 N–H and O–H groups in total. The van der Waals surface area contributed by atoms with Crippen LogP contribution in [0.3, 0.4) is 0 Å². The van der Waals surface area contributed by atoms with Crippen molar-refractivity contribution in [2.24, 2.45) is 4.99 Å². The van der Waals surface area contributed by atoms with Gasteiger partial charge < -0.3 is 14.8 Å². The van der Waals surface area contributed by atoms with E-state index in [-0.39, 0.29) is 11.6 Å². The predicted octanol–water partition coefficient (Wildman–Crippen LogP) is 3.50. The van der Waals surface area contributed by atoms with Gasteiger partial charge >= 0.3 is 0 Å². The topological polar surface area (TPSA) is 103 Å². The number of methoxy groups -OCH3 is 2. The summed E-state index contributed by atoms with van der Waals surface area (Å²) < 4.78 is 10.4. The number of nitrogens with one attached hydrogen (secondary N) is 1. The van der Waals surface area contributed by atoms with E-state index in [0.29, 0.717) is 32.8 Å². The summed E-state index contributed by atoms with van der Waals surface area (Å²) in [7, 11) is 3.08. The average Bonchev–Trinajstić information content (AvgIpc) is 3.01. The minimum absolute atomic E-state index is 0.00507. The van der Waals surface area contributed by atoms with Crippen LogP contribution < -0.4 is 14.8 Å². The van der Waals surface area contributed by atoms with Gasteiger partial charge in [0.2, 0.25) is 0 Å². The number of carbonyl (C=O) groups excluding carboxylic acids is 1. The third kappa shape index (κ3) is 4.26. The van der Waals surface area contributed by atoms with Crippen LogP contribution in [0.2, 0.25) is 0 Å². The van der Waals surface area contributed by atoms with Crippen molar-refractivity contribution in [2.75, 3.05) is 14.2 Å². The Morgan fingerprint density at radius 1 is 1.15 bits per heavy atom. The molecule has 2 aromatic rings. The normalized spacial score (nSPS) is 16.4. The number of amidine groups is 1. The van der Waals surface area contributed by atoms with Crippen molar-refractivity contribution in [1.82, 2.24) is 5.32 Å². The van der Waals surface area contributed by atoms with Crippen LogP contribution in [0.1, 0.15) is 5.56 Å². The fraction of sp³-hybridized carbons (Fsp3) is 0.111. The molecular formula is C18H15N3O5S. The van der Waals surface area contributed by atoms with Gasteiger partial charge in [0.15, 0.2) is 5.17 Å². The van der Waals surface area contributed by atoms with Crippen molar-refractivity contribution < 1.29 is 19.2 Å². The molecule has 1 amide bonds. The molecule has 138 valence electrons. The van der Waals surface area contributed by atoms with E-state index >= 15 is 0 Å². The molecule has 0 spiro atoms. The number of rotatable bonds is 5. The Labute approximate surface area is 159 Å². The first-order valence-electron chi connectivity index (χ1n) is 7.76. The molecule has 1 aliphatic rings. The number of carbonyl (C=O) groups is 1. The molecule has 0 aliphatic carbocycles. The molecule has 0 saturated carbocycles. The fourth-order valence-electron chi connectivity index (χ4n) is 2.31. The monoisotopic (exact) mass is 385 g/mol. The largest absolute Gasteiger partial charge is 0.497 e. The first kappa shape index (κ1) is 18.5. The van der Waals surface area contributed by atoms with Gasteiger partial charge in [-0.25, -0.2) is 4.99 Å². The number of nitro benzene ring substituents is 1. The van der Waals surface area contributed by atoms with Crippen molar-refractivity contribution in [3.63, 3.8) is 0 Å². The summed E-state index contributed by atoms with van der Waals surface area (Å²) in [5.74, 6) is 0.867. The highest BCUT2D eigenvalue weighted by atomic mass is 32.2. The Bertz CT molecular complexity index is 954. The molecule has 2 aromatic carbocycles. The average molecular weight is 385 g/mol. The maximum absolute atomic E-state index is 12.2. The zero-order valence-corrected chi connectivity index (χ0v) is 15.3. The summed E-state index contributed by atoms with van der Waals surface area (Å²) >= 11 is 1.18. The van der Waals surface area contributed by atoms with Gasteiger partial charge in [0.25, 0.3) is 11.6 Å². The zero-order valence-electron chi connectivity index (χ0n) is 14.5. The van der Waals surface area contributed by atoms with Gasteiger partial charge in [-0.1, -0.05) is 0 Å². The predicted molar refractivity (Wildman–Crippen MR) is 103 cm³/mol. The molecule has 1 aliphatic heterocycles. The number of benzene rings is 2. The maximum Gasteiger partial charge on any atom is 0.269 e. The number of amides is 1. The highest BCUT2D eigenvalue weighted by molar-refractivity contribution is 8.18. The molecule has 3 rings (SSSR count). The lowest BCUT2D eigenvalue weighted by Crippen LogP contribution is -2.19. The van der Waals surface area contributed by atoms with Crippen molar-refractivity contribution in [3.05, 3.63) is 63.0 Å². The third-order valence-electron chi connectivity index (χ3n) is 3.66. The van der Waals surface area contributed by atoms with E-state index in [1.54, 1.807) is 43.5 Å². The summed E-state index contributed by atoms with van der Waals surface area (Å²) in [6.07, 6.45) is 1.65. The molecule has 0 radical (unpaired) electrons. The minimum atomic E-state index is -0.471. The molecule has 0 bridgehead atoms. The Kier molecular flexibility index (Phi) is 5.41. The Balaban J connectivity index is 1.82. The molecule has 1 heterocycles. The van der Waals surface area contributed by atoms with Gasteiger partial charge in [-0.15, -0.1) is 0 Å². The summed E-state index contributed by atoms with van der Waals surface area (Å²) in [4.78, 5) is 27.3. The molecule has 0 aromatic heterocycles. The molecule has 8 nitrogen and oxygen atoms in total. The van der Waals surface area contributed by atoms with E-state index in [0.717, 1.165) is 0 Å². The Morgan fingerprint density at radius 2 is 1.89 bits per heavy atom. The third-order valence-corrected chi connectivity index (χ3v) is 4.57. The molecule has 27 heavy (non-hydrogen) atoms. The first-order valence-corrected chi connectivity index (χ1v) is 8.58. The second-order valence-electron chi connectivity index (χ2n) is 5.37. The number of hydrogen-bond donors (Lipinski definition) is 1. The summed E-state index contributed by atoms with van der Waals surface area (Å²) in [5.41, 5.74) is 1.23. The number of aliphatic imine (C=N–C) groups is 1. The van der Waals surface area contributed by atoms with E-state index in [1.165, 1.54) is 31.0 Å². The number of non-ortho nitro benzene ring substituents is 1. The fourth-order valence-corrected chi connectivity index (χ4v) is 3.15. The smallest absolute Gasteiger partial charge is 0.269 e. The van der Waals surface area contributed by atoms with Crippen LogP contribution in [0, 0.1) is 10.1 Å². The van der Waals surface area contributed by atoms with Crippen molar-refractivity contribution in [3.8, 4) is 11.5 Å². The van der Waals surface area contributed by atoms with Crippen LogP contribution >= 0.6 is 11.8 Å². The summed E-state index contributed by atoms with van der Waals surface area (Å²) in [6.45, 7) is 0. The van der Waals surface area contributed by atoms with Crippen LogP contribution in [0.15, 0.2) is 52.4 Å². The van der Waals surface area contributed by atoms with Crippen molar-refractivity contribution >= 4 is 40.3 Å². The van der Waals surface area contributed by atoms with Crippen LogP contribution in [-0.2, 0) is 4.79 Å². The number of ether oxygens (including phenoxy) is 2. The van der Waals surface area contributed by atoms with Gasteiger partial charge in [0.1, 0.15) is 17.2 Å². The van der Waals surface area contributed by atoms with Crippen LogP contribution in [0.4, 0.5) is 11.4 Å². The van der Waals surface area contributed by atoms with E-state index in [2.05, 4.69) is 10.3 Å². The molecule has 0 unspecified atom stereocenters. The highest BCUT2D eigenvalue weighted by Crippen LogP contribution is 2.34. The number of thioether (sulfide) groups is 1. The second-order valence-corrected chi connectivity index (χ2v) is 6.40. The minimum Gasteiger partial charge on any atom is -0.497 e. The van der Waals surface area contributed by atoms with Gasteiger partial charge in [-0.3, -0.25) is 14.9 Å². The SMILES string of the molecule is COc1ccc(N=C2NC(=O)/C(=C/c3ccc([N+](=O)[O-])cc3)S2)c(OC)c1. The first-order chi connectivity index (χ1) is 13.0. The van der Waals surface area contributed by atoms with Gasteiger partial charge in [0, 0.05) is 18.2 Å². The van der Waals surface area contributed by atoms with E-state index in [1.807, 2.05) is 0 Å². The standard InChI is InChI=1S/C18H15N3O5S/c1-25-13-7-8-14(15(10-13)26-2)19-18-20-17(22)16(27-18)9-11-3-5-12(6-4-11)21(23)24/h3-10H,1-2H3,(H,19,20,22)/b16-9-. The molecule has 1 fully saturated rings. The lowest BCUT2D eigenvalue weighted by atomic mass is 10.2. The van der Waals surface area contributed by atoms with Crippen LogP contribution in [-0.4, -0.2) is 30.2 Å². The van der Waals surface area contributed by atoms with Gasteiger partial charge in [-0.2, -0.15) is 0 Å². The van der Waals surface area contributed by atoms with Crippen LogP contribution in [0.25, 0.3) is 6.08 Å². The Hall–Kier alpha value is -3.33. The zero-order chi connectivity index (χ0) is 19.4. The van der Waals surface area contributed by atoms with E-state index in [9.17, 15) is 14.9 Å². The summed E-state index contributed by atoms with van der Waals surface area (Å²) in [5, 5.41) is 13.8.